The molecular formula is C16H17N5O4S. The molecule has 0 unspecified atom stereocenters. The van der Waals surface area contributed by atoms with E-state index in [0.717, 1.165) is 16.9 Å². The lowest BCUT2D eigenvalue weighted by Crippen LogP contribution is -2.45. The van der Waals surface area contributed by atoms with Crippen LogP contribution in [0, 0.1) is 17.0 Å². The Balaban J connectivity index is 1.76. The van der Waals surface area contributed by atoms with Crippen LogP contribution < -0.4 is 11.1 Å². The van der Waals surface area contributed by atoms with E-state index in [-0.39, 0.29) is 5.69 Å². The molecule has 2 heterocycles. The summed E-state index contributed by atoms with van der Waals surface area (Å²) < 4.78 is 0. The average molecular weight is 375 g/mol. The molecule has 9 nitrogen and oxygen atoms in total. The molecule has 136 valence electrons. The first-order chi connectivity index (χ1) is 12.4. The molecule has 3 N–H and O–H groups in total. The number of rotatable bonds is 4. The van der Waals surface area contributed by atoms with Crippen LogP contribution in [0.15, 0.2) is 24.3 Å². The van der Waals surface area contributed by atoms with Crippen molar-refractivity contribution in [3.05, 3.63) is 40.1 Å². The number of nitrogens with one attached hydrogen (secondary N) is 1. The van der Waals surface area contributed by atoms with E-state index in [4.69, 9.17) is 5.73 Å². The van der Waals surface area contributed by atoms with Crippen LogP contribution in [-0.4, -0.2) is 39.3 Å². The van der Waals surface area contributed by atoms with Gasteiger partial charge in [-0.25, -0.2) is 9.78 Å². The highest BCUT2D eigenvalue weighted by Crippen LogP contribution is 2.34. The summed E-state index contributed by atoms with van der Waals surface area (Å²) in [6, 6.07) is 5.14. The molecular weight excluding hydrogens is 358 g/mol. The molecule has 1 fully saturated rings. The SMILES string of the molecule is Cc1nc(NC(=O)N2CCC[C@H]2C(N)=O)sc1-c1ccc([N+](=O)[O-])cc1. The summed E-state index contributed by atoms with van der Waals surface area (Å²) in [5.74, 6) is -0.514. The number of aromatic nitrogens is 1. The highest BCUT2D eigenvalue weighted by Gasteiger charge is 2.33. The van der Waals surface area contributed by atoms with Crippen molar-refractivity contribution in [1.29, 1.82) is 0 Å². The smallest absolute Gasteiger partial charge is 0.324 e. The Bertz CT molecular complexity index is 864. The maximum atomic E-state index is 12.4. The van der Waals surface area contributed by atoms with Crippen LogP contribution in [0.1, 0.15) is 18.5 Å². The van der Waals surface area contributed by atoms with Crippen molar-refractivity contribution in [2.24, 2.45) is 5.73 Å². The Morgan fingerprint density at radius 2 is 2.08 bits per heavy atom. The Kier molecular flexibility index (Phi) is 4.85. The molecule has 0 aliphatic carbocycles. The van der Waals surface area contributed by atoms with Gasteiger partial charge < -0.3 is 10.6 Å². The molecule has 1 aromatic heterocycles. The number of non-ortho nitro benzene ring substituents is 1. The molecule has 1 atom stereocenters. The molecule has 0 radical (unpaired) electrons. The summed E-state index contributed by atoms with van der Waals surface area (Å²) >= 11 is 1.27. The van der Waals surface area contributed by atoms with E-state index in [1.54, 1.807) is 19.1 Å². The van der Waals surface area contributed by atoms with E-state index in [9.17, 15) is 19.7 Å². The minimum absolute atomic E-state index is 0.0102. The van der Waals surface area contributed by atoms with Gasteiger partial charge in [0, 0.05) is 18.7 Å². The molecule has 10 heteroatoms. The Morgan fingerprint density at radius 3 is 2.69 bits per heavy atom. The van der Waals surface area contributed by atoms with Crippen LogP contribution in [-0.2, 0) is 4.79 Å². The zero-order valence-corrected chi connectivity index (χ0v) is 14.8. The molecule has 0 saturated carbocycles. The maximum Gasteiger partial charge on any atom is 0.324 e. The van der Waals surface area contributed by atoms with Crippen molar-refractivity contribution in [2.75, 3.05) is 11.9 Å². The monoisotopic (exact) mass is 375 g/mol. The predicted octanol–water partition coefficient (Wildman–Crippen LogP) is 2.51. The molecule has 0 spiro atoms. The van der Waals surface area contributed by atoms with Gasteiger partial charge in [-0.05, 0) is 37.5 Å². The summed E-state index contributed by atoms with van der Waals surface area (Å²) in [5, 5.41) is 13.9. The number of carbonyl (C=O) groups is 2. The minimum Gasteiger partial charge on any atom is -0.368 e. The van der Waals surface area contributed by atoms with Gasteiger partial charge in [-0.15, -0.1) is 0 Å². The molecule has 1 aromatic carbocycles. The number of anilines is 1. The number of hydrogen-bond acceptors (Lipinski definition) is 6. The van der Waals surface area contributed by atoms with Crippen molar-refractivity contribution < 1.29 is 14.5 Å². The third-order valence-corrected chi connectivity index (χ3v) is 5.31. The normalized spacial score (nSPS) is 16.5. The molecule has 1 saturated heterocycles. The lowest BCUT2D eigenvalue weighted by molar-refractivity contribution is -0.384. The number of benzene rings is 1. The maximum absolute atomic E-state index is 12.4. The lowest BCUT2D eigenvalue weighted by atomic mass is 10.1. The molecule has 3 amide bonds. The second-order valence-electron chi connectivity index (χ2n) is 5.92. The first-order valence-corrected chi connectivity index (χ1v) is 8.77. The van der Waals surface area contributed by atoms with E-state index in [1.807, 2.05) is 0 Å². The number of thiazole rings is 1. The van der Waals surface area contributed by atoms with Crippen molar-refractivity contribution >= 4 is 34.1 Å². The van der Waals surface area contributed by atoms with E-state index < -0.39 is 22.9 Å². The Labute approximate surface area is 153 Å². The van der Waals surface area contributed by atoms with Crippen LogP contribution in [0.4, 0.5) is 15.6 Å². The standard InChI is InChI=1S/C16H17N5O4S/c1-9-13(10-4-6-11(7-5-10)21(24)25)26-15(18-9)19-16(23)20-8-2-3-12(20)14(17)22/h4-7,12H,2-3,8H2,1H3,(H2,17,22)(H,18,19,23)/t12-/m0/s1. The van der Waals surface area contributed by atoms with Gasteiger partial charge in [0.1, 0.15) is 6.04 Å². The van der Waals surface area contributed by atoms with Gasteiger partial charge in [0.25, 0.3) is 5.69 Å². The zero-order chi connectivity index (χ0) is 18.8. The van der Waals surface area contributed by atoms with Gasteiger partial charge in [0.05, 0.1) is 15.5 Å². The third kappa shape index (κ3) is 3.49. The summed E-state index contributed by atoms with van der Waals surface area (Å²) in [6.45, 7) is 2.27. The van der Waals surface area contributed by atoms with Gasteiger partial charge in [-0.3, -0.25) is 20.2 Å². The van der Waals surface area contributed by atoms with Gasteiger partial charge >= 0.3 is 6.03 Å². The van der Waals surface area contributed by atoms with Crippen molar-refractivity contribution in [2.45, 2.75) is 25.8 Å². The lowest BCUT2D eigenvalue weighted by Gasteiger charge is -2.21. The van der Waals surface area contributed by atoms with E-state index >= 15 is 0 Å². The van der Waals surface area contributed by atoms with Gasteiger partial charge in [-0.1, -0.05) is 11.3 Å². The zero-order valence-electron chi connectivity index (χ0n) is 14.0. The van der Waals surface area contributed by atoms with Crippen LogP contribution in [0.2, 0.25) is 0 Å². The number of nitrogens with zero attached hydrogens (tertiary/aromatic N) is 3. The number of urea groups is 1. The second-order valence-corrected chi connectivity index (χ2v) is 6.92. The largest absolute Gasteiger partial charge is 0.368 e. The van der Waals surface area contributed by atoms with Crippen LogP contribution >= 0.6 is 11.3 Å². The van der Waals surface area contributed by atoms with Crippen molar-refractivity contribution in [3.8, 4) is 10.4 Å². The molecule has 0 bridgehead atoms. The van der Waals surface area contributed by atoms with Gasteiger partial charge in [-0.2, -0.15) is 0 Å². The summed E-state index contributed by atoms with van der Waals surface area (Å²) in [6.07, 6.45) is 1.29. The fourth-order valence-electron chi connectivity index (χ4n) is 2.92. The summed E-state index contributed by atoms with van der Waals surface area (Å²) in [4.78, 5) is 40.7. The summed E-state index contributed by atoms with van der Waals surface area (Å²) in [5.41, 5.74) is 6.83. The van der Waals surface area contributed by atoms with E-state index in [0.29, 0.717) is 23.8 Å². The number of amides is 3. The third-order valence-electron chi connectivity index (χ3n) is 4.19. The molecule has 3 rings (SSSR count). The fourth-order valence-corrected chi connectivity index (χ4v) is 3.88. The number of aryl methyl sites for hydroxylation is 1. The first kappa shape index (κ1) is 17.8. The number of nitro benzene ring substituents is 1. The number of hydrogen-bond donors (Lipinski definition) is 2. The Morgan fingerprint density at radius 1 is 1.38 bits per heavy atom. The molecule has 1 aliphatic rings. The quantitative estimate of drug-likeness (QED) is 0.626. The number of nitro groups is 1. The van der Waals surface area contributed by atoms with Gasteiger partial charge in [0.2, 0.25) is 5.91 Å². The topological polar surface area (TPSA) is 131 Å². The fraction of sp³-hybridized carbons (Fsp3) is 0.312. The molecule has 1 aliphatic heterocycles. The first-order valence-electron chi connectivity index (χ1n) is 7.96. The molecule has 2 aromatic rings. The Hall–Kier alpha value is -3.01. The highest BCUT2D eigenvalue weighted by atomic mass is 32.1. The van der Waals surface area contributed by atoms with Gasteiger partial charge in [0.15, 0.2) is 5.13 Å². The highest BCUT2D eigenvalue weighted by molar-refractivity contribution is 7.19. The number of carbonyl (C=O) groups excluding carboxylic acids is 2. The number of primary amides is 1. The van der Waals surface area contributed by atoms with Crippen molar-refractivity contribution in [1.82, 2.24) is 9.88 Å². The number of likely N-dealkylation sites (tertiary alicyclic amines) is 1. The summed E-state index contributed by atoms with van der Waals surface area (Å²) in [7, 11) is 0. The average Bonchev–Trinajstić information content (AvgIpc) is 3.22. The van der Waals surface area contributed by atoms with Crippen LogP contribution in [0.5, 0.6) is 0 Å². The minimum atomic E-state index is -0.592. The van der Waals surface area contributed by atoms with E-state index in [1.165, 1.54) is 28.4 Å². The molecule has 26 heavy (non-hydrogen) atoms. The predicted molar refractivity (Wildman–Crippen MR) is 96.9 cm³/mol. The van der Waals surface area contributed by atoms with Crippen LogP contribution in [0.3, 0.4) is 0 Å². The second kappa shape index (κ2) is 7.08. The van der Waals surface area contributed by atoms with Crippen LogP contribution in [0.25, 0.3) is 10.4 Å². The number of nitrogens with two attached hydrogens (primary N) is 1. The van der Waals surface area contributed by atoms with E-state index in [2.05, 4.69) is 10.3 Å². The van der Waals surface area contributed by atoms with Crippen molar-refractivity contribution in [3.63, 3.8) is 0 Å².